The standard InChI is InChI=1S/C13H26N2O3/c1-2-3-8-11(13(17)18)15-12(16)9-6-4-5-7-10-14/h11H,2-10,14H2,1H3,(H,15,16)(H,17,18). The van der Waals surface area contributed by atoms with Crippen molar-refractivity contribution in [3.8, 4) is 0 Å². The van der Waals surface area contributed by atoms with Crippen molar-refractivity contribution in [2.45, 2.75) is 64.3 Å². The number of nitrogens with one attached hydrogen (secondary N) is 1. The van der Waals surface area contributed by atoms with Crippen molar-refractivity contribution in [2.75, 3.05) is 6.54 Å². The van der Waals surface area contributed by atoms with Crippen LogP contribution in [0.3, 0.4) is 0 Å². The summed E-state index contributed by atoms with van der Waals surface area (Å²) in [5.41, 5.74) is 5.37. The third kappa shape index (κ3) is 8.98. The maximum absolute atomic E-state index is 11.6. The van der Waals surface area contributed by atoms with E-state index < -0.39 is 12.0 Å². The highest BCUT2D eigenvalue weighted by molar-refractivity contribution is 5.83. The highest BCUT2D eigenvalue weighted by Gasteiger charge is 2.18. The van der Waals surface area contributed by atoms with E-state index in [0.717, 1.165) is 38.5 Å². The van der Waals surface area contributed by atoms with E-state index >= 15 is 0 Å². The highest BCUT2D eigenvalue weighted by Crippen LogP contribution is 2.04. The maximum Gasteiger partial charge on any atom is 0.326 e. The Balaban J connectivity index is 3.77. The van der Waals surface area contributed by atoms with Crippen molar-refractivity contribution >= 4 is 11.9 Å². The molecule has 0 heterocycles. The van der Waals surface area contributed by atoms with E-state index in [1.165, 1.54) is 0 Å². The average Bonchev–Trinajstić information content (AvgIpc) is 2.33. The number of carboxylic acid groups (broad SMARTS) is 1. The first-order chi connectivity index (χ1) is 8.61. The monoisotopic (exact) mass is 258 g/mol. The number of carbonyl (C=O) groups excluding carboxylic acids is 1. The molecular weight excluding hydrogens is 232 g/mol. The lowest BCUT2D eigenvalue weighted by Crippen LogP contribution is -2.40. The molecule has 0 saturated carbocycles. The first-order valence-corrected chi connectivity index (χ1v) is 6.84. The van der Waals surface area contributed by atoms with Gasteiger partial charge in [0.15, 0.2) is 0 Å². The molecule has 0 aliphatic carbocycles. The van der Waals surface area contributed by atoms with Gasteiger partial charge in [-0.05, 0) is 25.8 Å². The largest absolute Gasteiger partial charge is 0.480 e. The summed E-state index contributed by atoms with van der Waals surface area (Å²) in [5, 5.41) is 11.5. The van der Waals surface area contributed by atoms with Crippen LogP contribution >= 0.6 is 0 Å². The maximum atomic E-state index is 11.6. The minimum Gasteiger partial charge on any atom is -0.480 e. The molecule has 4 N–H and O–H groups in total. The Hall–Kier alpha value is -1.10. The van der Waals surface area contributed by atoms with Crippen LogP contribution in [0.1, 0.15) is 58.3 Å². The fraction of sp³-hybridized carbons (Fsp3) is 0.846. The summed E-state index contributed by atoms with van der Waals surface area (Å²) < 4.78 is 0. The second-order valence-electron chi connectivity index (χ2n) is 4.55. The van der Waals surface area contributed by atoms with E-state index in [1.807, 2.05) is 6.92 Å². The zero-order valence-electron chi connectivity index (χ0n) is 11.3. The summed E-state index contributed by atoms with van der Waals surface area (Å²) in [6.45, 7) is 2.68. The zero-order chi connectivity index (χ0) is 13.8. The third-order valence-electron chi connectivity index (χ3n) is 2.84. The second kappa shape index (κ2) is 11.0. The molecule has 0 bridgehead atoms. The molecule has 0 aromatic carbocycles. The normalized spacial score (nSPS) is 12.1. The van der Waals surface area contributed by atoms with E-state index in [9.17, 15) is 9.59 Å². The minimum atomic E-state index is -0.945. The highest BCUT2D eigenvalue weighted by atomic mass is 16.4. The Morgan fingerprint density at radius 3 is 2.39 bits per heavy atom. The summed E-state index contributed by atoms with van der Waals surface area (Å²) in [5.74, 6) is -1.11. The molecule has 0 aromatic heterocycles. The molecule has 18 heavy (non-hydrogen) atoms. The van der Waals surface area contributed by atoms with Crippen molar-refractivity contribution in [1.82, 2.24) is 5.32 Å². The summed E-state index contributed by atoms with van der Waals surface area (Å²) in [7, 11) is 0. The number of hydrogen-bond donors (Lipinski definition) is 3. The quantitative estimate of drug-likeness (QED) is 0.491. The lowest BCUT2D eigenvalue weighted by atomic mass is 10.1. The number of aliphatic carboxylic acids is 1. The molecule has 106 valence electrons. The van der Waals surface area contributed by atoms with Gasteiger partial charge in [0.25, 0.3) is 0 Å². The van der Waals surface area contributed by atoms with Crippen LogP contribution < -0.4 is 11.1 Å². The zero-order valence-corrected chi connectivity index (χ0v) is 11.3. The molecule has 0 radical (unpaired) electrons. The molecule has 0 saturated heterocycles. The molecule has 0 rings (SSSR count). The van der Waals surface area contributed by atoms with Gasteiger partial charge in [-0.15, -0.1) is 0 Å². The van der Waals surface area contributed by atoms with E-state index in [1.54, 1.807) is 0 Å². The molecule has 5 nitrogen and oxygen atoms in total. The van der Waals surface area contributed by atoms with Gasteiger partial charge in [0, 0.05) is 6.42 Å². The van der Waals surface area contributed by atoms with Gasteiger partial charge in [-0.2, -0.15) is 0 Å². The van der Waals surface area contributed by atoms with Gasteiger partial charge in [-0.25, -0.2) is 4.79 Å². The Morgan fingerprint density at radius 1 is 1.17 bits per heavy atom. The van der Waals surface area contributed by atoms with Gasteiger partial charge in [0.05, 0.1) is 0 Å². The van der Waals surface area contributed by atoms with Crippen molar-refractivity contribution in [3.63, 3.8) is 0 Å². The number of rotatable bonds is 11. The Morgan fingerprint density at radius 2 is 1.83 bits per heavy atom. The summed E-state index contributed by atoms with van der Waals surface area (Å²) in [6.07, 6.45) is 6.43. The fourth-order valence-electron chi connectivity index (χ4n) is 1.72. The van der Waals surface area contributed by atoms with E-state index in [-0.39, 0.29) is 5.91 Å². The number of amides is 1. The number of carbonyl (C=O) groups is 2. The van der Waals surface area contributed by atoms with E-state index in [0.29, 0.717) is 19.4 Å². The Bertz CT molecular complexity index is 244. The smallest absolute Gasteiger partial charge is 0.326 e. The van der Waals surface area contributed by atoms with Gasteiger partial charge in [0.2, 0.25) is 5.91 Å². The number of carboxylic acids is 1. The SMILES string of the molecule is CCCCC(NC(=O)CCCCCCN)C(=O)O. The van der Waals surface area contributed by atoms with Crippen LogP contribution in [0.2, 0.25) is 0 Å². The van der Waals surface area contributed by atoms with Crippen molar-refractivity contribution in [2.24, 2.45) is 5.73 Å². The Kier molecular flexibility index (Phi) is 10.3. The molecule has 5 heteroatoms. The molecule has 1 atom stereocenters. The molecule has 0 fully saturated rings. The lowest BCUT2D eigenvalue weighted by molar-refractivity contribution is -0.142. The molecule has 0 spiro atoms. The Labute approximate surface area is 109 Å². The summed E-state index contributed by atoms with van der Waals surface area (Å²) >= 11 is 0. The van der Waals surface area contributed by atoms with Crippen LogP contribution in [0.25, 0.3) is 0 Å². The molecule has 1 unspecified atom stereocenters. The van der Waals surface area contributed by atoms with Gasteiger partial charge < -0.3 is 16.2 Å². The average molecular weight is 258 g/mol. The van der Waals surface area contributed by atoms with Gasteiger partial charge >= 0.3 is 5.97 Å². The predicted octanol–water partition coefficient (Wildman–Crippen LogP) is 1.66. The summed E-state index contributed by atoms with van der Waals surface area (Å²) in [4.78, 5) is 22.5. The van der Waals surface area contributed by atoms with E-state index in [4.69, 9.17) is 10.8 Å². The summed E-state index contributed by atoms with van der Waals surface area (Å²) in [6, 6.07) is -0.735. The second-order valence-corrected chi connectivity index (χ2v) is 4.55. The van der Waals surface area contributed by atoms with E-state index in [2.05, 4.69) is 5.32 Å². The van der Waals surface area contributed by atoms with Crippen molar-refractivity contribution < 1.29 is 14.7 Å². The van der Waals surface area contributed by atoms with Crippen molar-refractivity contribution in [3.05, 3.63) is 0 Å². The molecule has 0 aliphatic rings. The van der Waals surface area contributed by atoms with Crippen LogP contribution in [0, 0.1) is 0 Å². The van der Waals surface area contributed by atoms with Crippen LogP contribution in [-0.4, -0.2) is 29.6 Å². The van der Waals surface area contributed by atoms with Crippen LogP contribution in [0.15, 0.2) is 0 Å². The molecule has 0 aromatic rings. The van der Waals surface area contributed by atoms with Crippen LogP contribution in [0.4, 0.5) is 0 Å². The first-order valence-electron chi connectivity index (χ1n) is 6.84. The first kappa shape index (κ1) is 16.9. The lowest BCUT2D eigenvalue weighted by Gasteiger charge is -2.13. The van der Waals surface area contributed by atoms with Gasteiger partial charge in [0.1, 0.15) is 6.04 Å². The van der Waals surface area contributed by atoms with Gasteiger partial charge in [-0.3, -0.25) is 4.79 Å². The van der Waals surface area contributed by atoms with Crippen LogP contribution in [0.5, 0.6) is 0 Å². The molecule has 1 amide bonds. The fourth-order valence-corrected chi connectivity index (χ4v) is 1.72. The number of hydrogen-bond acceptors (Lipinski definition) is 3. The number of nitrogens with two attached hydrogens (primary N) is 1. The molecular formula is C13H26N2O3. The van der Waals surface area contributed by atoms with Crippen molar-refractivity contribution in [1.29, 1.82) is 0 Å². The molecule has 0 aliphatic heterocycles. The topological polar surface area (TPSA) is 92.4 Å². The minimum absolute atomic E-state index is 0.161. The van der Waals surface area contributed by atoms with Crippen LogP contribution in [-0.2, 0) is 9.59 Å². The number of unbranched alkanes of at least 4 members (excludes halogenated alkanes) is 4. The third-order valence-corrected chi connectivity index (χ3v) is 2.84. The predicted molar refractivity (Wildman–Crippen MR) is 71.2 cm³/mol. The van der Waals surface area contributed by atoms with Gasteiger partial charge in [-0.1, -0.05) is 32.6 Å².